The van der Waals surface area contributed by atoms with Gasteiger partial charge in [-0.2, -0.15) is 5.26 Å². The standard InChI is InChI=1S/C18H25N3O2/c19-14-16-4-2-15(3-5-16)6-7-18(23)20-10-1-11-21-12-8-17(22)9-13-21/h2-5,17,22H,1,6-13H2,(H,20,23). The molecule has 0 aromatic heterocycles. The molecule has 1 aliphatic rings. The minimum absolute atomic E-state index is 0.0726. The second kappa shape index (κ2) is 9.29. The summed E-state index contributed by atoms with van der Waals surface area (Å²) >= 11 is 0. The zero-order valence-corrected chi connectivity index (χ0v) is 13.5. The Kier molecular flexibility index (Phi) is 7.05. The van der Waals surface area contributed by atoms with E-state index in [4.69, 9.17) is 5.26 Å². The summed E-state index contributed by atoms with van der Waals surface area (Å²) in [6.07, 6.45) is 3.70. The van der Waals surface area contributed by atoms with Gasteiger partial charge in [-0.1, -0.05) is 12.1 Å². The number of aryl methyl sites for hydroxylation is 1. The molecule has 1 heterocycles. The lowest BCUT2D eigenvalue weighted by molar-refractivity contribution is -0.121. The van der Waals surface area contributed by atoms with Gasteiger partial charge in [0.15, 0.2) is 0 Å². The van der Waals surface area contributed by atoms with Gasteiger partial charge in [0.2, 0.25) is 5.91 Å². The van der Waals surface area contributed by atoms with Crippen LogP contribution in [0.3, 0.4) is 0 Å². The third-order valence-electron chi connectivity index (χ3n) is 4.25. The Morgan fingerprint density at radius 2 is 2.00 bits per heavy atom. The Balaban J connectivity index is 1.55. The van der Waals surface area contributed by atoms with Crippen LogP contribution < -0.4 is 5.32 Å². The van der Waals surface area contributed by atoms with Crippen molar-refractivity contribution in [2.24, 2.45) is 0 Å². The number of aliphatic hydroxyl groups is 1. The van der Waals surface area contributed by atoms with Crippen LogP contribution in [0.15, 0.2) is 24.3 Å². The highest BCUT2D eigenvalue weighted by Crippen LogP contribution is 2.09. The van der Waals surface area contributed by atoms with Crippen molar-refractivity contribution in [3.8, 4) is 6.07 Å². The SMILES string of the molecule is N#Cc1ccc(CCC(=O)NCCCN2CCC(O)CC2)cc1. The highest BCUT2D eigenvalue weighted by atomic mass is 16.3. The third-order valence-corrected chi connectivity index (χ3v) is 4.25. The number of carbonyl (C=O) groups excluding carboxylic acids is 1. The van der Waals surface area contributed by atoms with Crippen molar-refractivity contribution in [1.29, 1.82) is 5.26 Å². The molecule has 2 N–H and O–H groups in total. The Hall–Kier alpha value is -1.90. The number of carbonyl (C=O) groups is 1. The number of rotatable bonds is 7. The number of hydrogen-bond acceptors (Lipinski definition) is 4. The van der Waals surface area contributed by atoms with Crippen molar-refractivity contribution >= 4 is 5.91 Å². The molecule has 1 fully saturated rings. The Morgan fingerprint density at radius 3 is 2.65 bits per heavy atom. The number of hydrogen-bond donors (Lipinski definition) is 2. The molecule has 1 saturated heterocycles. The average Bonchev–Trinajstić information content (AvgIpc) is 2.59. The second-order valence-electron chi connectivity index (χ2n) is 6.09. The quantitative estimate of drug-likeness (QED) is 0.747. The van der Waals surface area contributed by atoms with Gasteiger partial charge in [0.25, 0.3) is 0 Å². The fourth-order valence-corrected chi connectivity index (χ4v) is 2.77. The first-order valence-corrected chi connectivity index (χ1v) is 8.33. The third kappa shape index (κ3) is 6.39. The molecule has 1 amide bonds. The number of nitrogens with one attached hydrogen (secondary N) is 1. The molecule has 0 saturated carbocycles. The van der Waals surface area contributed by atoms with Crippen LogP contribution >= 0.6 is 0 Å². The van der Waals surface area contributed by atoms with Gasteiger partial charge in [0, 0.05) is 26.1 Å². The molecule has 0 bridgehead atoms. The predicted octanol–water partition coefficient (Wildman–Crippen LogP) is 1.45. The van der Waals surface area contributed by atoms with Crippen molar-refractivity contribution in [1.82, 2.24) is 10.2 Å². The fourth-order valence-electron chi connectivity index (χ4n) is 2.77. The summed E-state index contributed by atoms with van der Waals surface area (Å²) in [6.45, 7) is 3.58. The van der Waals surface area contributed by atoms with Gasteiger partial charge in [-0.25, -0.2) is 0 Å². The summed E-state index contributed by atoms with van der Waals surface area (Å²) in [5.41, 5.74) is 1.72. The fraction of sp³-hybridized carbons (Fsp3) is 0.556. The minimum atomic E-state index is -0.131. The average molecular weight is 315 g/mol. The molecule has 0 spiro atoms. The Morgan fingerprint density at radius 1 is 1.30 bits per heavy atom. The molecule has 0 atom stereocenters. The molecule has 0 unspecified atom stereocenters. The molecule has 0 aliphatic carbocycles. The normalized spacial score (nSPS) is 16.0. The number of piperidine rings is 1. The van der Waals surface area contributed by atoms with E-state index in [2.05, 4.69) is 16.3 Å². The van der Waals surface area contributed by atoms with E-state index < -0.39 is 0 Å². The maximum Gasteiger partial charge on any atom is 0.220 e. The first kappa shape index (κ1) is 17.5. The Bertz CT molecular complexity index is 528. The highest BCUT2D eigenvalue weighted by Gasteiger charge is 2.16. The summed E-state index contributed by atoms with van der Waals surface area (Å²) in [4.78, 5) is 14.2. The lowest BCUT2D eigenvalue weighted by atomic mass is 10.1. The number of amides is 1. The summed E-state index contributed by atoms with van der Waals surface area (Å²) in [7, 11) is 0. The lowest BCUT2D eigenvalue weighted by Gasteiger charge is -2.29. The number of aliphatic hydroxyl groups excluding tert-OH is 1. The van der Waals surface area contributed by atoms with Crippen LogP contribution in [-0.2, 0) is 11.2 Å². The molecule has 23 heavy (non-hydrogen) atoms. The van der Waals surface area contributed by atoms with E-state index in [9.17, 15) is 9.90 Å². The smallest absolute Gasteiger partial charge is 0.220 e. The van der Waals surface area contributed by atoms with Gasteiger partial charge in [0.05, 0.1) is 17.7 Å². The molecule has 5 nitrogen and oxygen atoms in total. The first-order valence-electron chi connectivity index (χ1n) is 8.33. The summed E-state index contributed by atoms with van der Waals surface area (Å²) < 4.78 is 0. The van der Waals surface area contributed by atoms with E-state index in [0.29, 0.717) is 24.9 Å². The molecular formula is C18H25N3O2. The van der Waals surface area contributed by atoms with E-state index in [1.807, 2.05) is 12.1 Å². The van der Waals surface area contributed by atoms with Gasteiger partial charge in [0.1, 0.15) is 0 Å². The van der Waals surface area contributed by atoms with Gasteiger partial charge in [-0.15, -0.1) is 0 Å². The summed E-state index contributed by atoms with van der Waals surface area (Å²) in [6, 6.07) is 9.45. The minimum Gasteiger partial charge on any atom is -0.393 e. The van der Waals surface area contributed by atoms with Gasteiger partial charge in [-0.3, -0.25) is 4.79 Å². The lowest BCUT2D eigenvalue weighted by Crippen LogP contribution is -2.37. The van der Waals surface area contributed by atoms with Crippen LogP contribution in [-0.4, -0.2) is 48.2 Å². The molecule has 2 rings (SSSR count). The molecule has 5 heteroatoms. The topological polar surface area (TPSA) is 76.4 Å². The number of likely N-dealkylation sites (tertiary alicyclic amines) is 1. The zero-order valence-electron chi connectivity index (χ0n) is 13.5. The maximum absolute atomic E-state index is 11.8. The first-order chi connectivity index (χ1) is 11.2. The van der Waals surface area contributed by atoms with E-state index in [-0.39, 0.29) is 12.0 Å². The van der Waals surface area contributed by atoms with Gasteiger partial charge < -0.3 is 15.3 Å². The van der Waals surface area contributed by atoms with Crippen LogP contribution in [0, 0.1) is 11.3 Å². The van der Waals surface area contributed by atoms with Crippen molar-refractivity contribution < 1.29 is 9.90 Å². The van der Waals surface area contributed by atoms with Crippen LogP contribution in [0.1, 0.15) is 36.8 Å². The molecule has 1 aromatic carbocycles. The van der Waals surface area contributed by atoms with Crippen molar-refractivity contribution in [3.05, 3.63) is 35.4 Å². The van der Waals surface area contributed by atoms with Crippen molar-refractivity contribution in [2.75, 3.05) is 26.2 Å². The van der Waals surface area contributed by atoms with E-state index in [1.54, 1.807) is 12.1 Å². The molecule has 0 radical (unpaired) electrons. The largest absolute Gasteiger partial charge is 0.393 e. The molecule has 124 valence electrons. The Labute approximate surface area is 137 Å². The monoisotopic (exact) mass is 315 g/mol. The van der Waals surface area contributed by atoms with Gasteiger partial charge in [-0.05, 0) is 49.9 Å². The van der Waals surface area contributed by atoms with Crippen LogP contribution in [0.2, 0.25) is 0 Å². The van der Waals surface area contributed by atoms with Crippen molar-refractivity contribution in [3.63, 3.8) is 0 Å². The highest BCUT2D eigenvalue weighted by molar-refractivity contribution is 5.76. The van der Waals surface area contributed by atoms with Gasteiger partial charge >= 0.3 is 0 Å². The summed E-state index contributed by atoms with van der Waals surface area (Å²) in [5.74, 6) is 0.0726. The maximum atomic E-state index is 11.8. The van der Waals surface area contributed by atoms with E-state index >= 15 is 0 Å². The molecule has 1 aliphatic heterocycles. The second-order valence-corrected chi connectivity index (χ2v) is 6.09. The molecule has 1 aromatic rings. The predicted molar refractivity (Wildman–Crippen MR) is 88.8 cm³/mol. The van der Waals surface area contributed by atoms with Crippen LogP contribution in [0.4, 0.5) is 0 Å². The number of benzene rings is 1. The van der Waals surface area contributed by atoms with E-state index in [1.165, 1.54) is 0 Å². The van der Waals surface area contributed by atoms with Crippen molar-refractivity contribution in [2.45, 2.75) is 38.2 Å². The number of nitriles is 1. The summed E-state index contributed by atoms with van der Waals surface area (Å²) in [5, 5.41) is 21.2. The van der Waals surface area contributed by atoms with Crippen LogP contribution in [0.25, 0.3) is 0 Å². The van der Waals surface area contributed by atoms with Crippen LogP contribution in [0.5, 0.6) is 0 Å². The zero-order chi connectivity index (χ0) is 16.5. The number of nitrogens with zero attached hydrogens (tertiary/aromatic N) is 2. The molecular weight excluding hydrogens is 290 g/mol. The van der Waals surface area contributed by atoms with E-state index in [0.717, 1.165) is 44.5 Å².